The molecule has 2 rings (SSSR count). The third-order valence-corrected chi connectivity index (χ3v) is 4.85. The molecule has 1 amide bonds. The molecule has 0 saturated heterocycles. The lowest BCUT2D eigenvalue weighted by Gasteiger charge is -2.36. The van der Waals surface area contributed by atoms with Gasteiger partial charge in [0.15, 0.2) is 0 Å². The van der Waals surface area contributed by atoms with Gasteiger partial charge >= 0.3 is 0 Å². The van der Waals surface area contributed by atoms with Gasteiger partial charge in [0.25, 0.3) is 0 Å². The normalized spacial score (nSPS) is 29.4. The molecular weight excluding hydrogens is 224 g/mol. The van der Waals surface area contributed by atoms with E-state index in [0.29, 0.717) is 24.4 Å². The summed E-state index contributed by atoms with van der Waals surface area (Å²) in [6, 6.07) is 0.475. The van der Waals surface area contributed by atoms with E-state index in [0.717, 1.165) is 13.0 Å². The lowest BCUT2D eigenvalue weighted by molar-refractivity contribution is -0.139. The van der Waals surface area contributed by atoms with Crippen molar-refractivity contribution in [1.29, 1.82) is 0 Å². The minimum Gasteiger partial charge on any atom is -0.338 e. The van der Waals surface area contributed by atoms with Crippen molar-refractivity contribution in [2.75, 3.05) is 13.1 Å². The third-order valence-electron chi connectivity index (χ3n) is 4.85. The number of nitrogens with zero attached hydrogens (tertiary/aromatic N) is 1. The average molecular weight is 252 g/mol. The van der Waals surface area contributed by atoms with E-state index in [1.807, 2.05) is 0 Å². The van der Waals surface area contributed by atoms with Crippen molar-refractivity contribution >= 4 is 5.91 Å². The van der Waals surface area contributed by atoms with Gasteiger partial charge in [0.2, 0.25) is 5.91 Å². The maximum atomic E-state index is 12.7. The molecule has 0 radical (unpaired) electrons. The van der Waals surface area contributed by atoms with Crippen LogP contribution in [0.2, 0.25) is 0 Å². The van der Waals surface area contributed by atoms with E-state index in [1.54, 1.807) is 0 Å². The zero-order valence-electron chi connectivity index (χ0n) is 11.7. The minimum atomic E-state index is 0.276. The van der Waals surface area contributed by atoms with E-state index in [4.69, 9.17) is 5.73 Å². The fraction of sp³-hybridized carbons (Fsp3) is 0.933. The molecule has 0 aliphatic heterocycles. The highest BCUT2D eigenvalue weighted by Crippen LogP contribution is 2.34. The molecule has 3 nitrogen and oxygen atoms in total. The van der Waals surface area contributed by atoms with Gasteiger partial charge in [-0.05, 0) is 31.6 Å². The van der Waals surface area contributed by atoms with Crippen LogP contribution in [0.4, 0.5) is 0 Å². The zero-order chi connectivity index (χ0) is 13.0. The van der Waals surface area contributed by atoms with E-state index in [1.165, 1.54) is 44.9 Å². The number of amides is 1. The number of carbonyl (C=O) groups excluding carboxylic acids is 1. The zero-order valence-corrected chi connectivity index (χ0v) is 11.7. The molecule has 2 fully saturated rings. The van der Waals surface area contributed by atoms with Gasteiger partial charge in [-0.15, -0.1) is 0 Å². The van der Waals surface area contributed by atoms with Gasteiger partial charge in [-0.3, -0.25) is 4.79 Å². The summed E-state index contributed by atoms with van der Waals surface area (Å²) in [5, 5.41) is 0. The van der Waals surface area contributed by atoms with Crippen LogP contribution in [0.1, 0.15) is 58.3 Å². The van der Waals surface area contributed by atoms with Crippen molar-refractivity contribution in [3.05, 3.63) is 0 Å². The van der Waals surface area contributed by atoms with Gasteiger partial charge in [0.1, 0.15) is 0 Å². The molecule has 2 unspecified atom stereocenters. The molecule has 0 aromatic heterocycles. The topological polar surface area (TPSA) is 46.3 Å². The van der Waals surface area contributed by atoms with Crippen molar-refractivity contribution in [3.8, 4) is 0 Å². The van der Waals surface area contributed by atoms with Crippen LogP contribution < -0.4 is 5.73 Å². The Morgan fingerprint density at radius 2 is 1.83 bits per heavy atom. The highest BCUT2D eigenvalue weighted by atomic mass is 16.2. The molecule has 0 aromatic rings. The first-order valence-electron chi connectivity index (χ1n) is 7.74. The molecule has 2 aliphatic carbocycles. The Labute approximate surface area is 111 Å². The monoisotopic (exact) mass is 252 g/mol. The van der Waals surface area contributed by atoms with Crippen molar-refractivity contribution in [2.45, 2.75) is 64.3 Å². The number of rotatable bonds is 4. The minimum absolute atomic E-state index is 0.276. The molecular formula is C15H28N2O. The van der Waals surface area contributed by atoms with Gasteiger partial charge in [-0.2, -0.15) is 0 Å². The Morgan fingerprint density at radius 1 is 1.11 bits per heavy atom. The van der Waals surface area contributed by atoms with E-state index in [-0.39, 0.29) is 5.92 Å². The lowest BCUT2D eigenvalue weighted by Crippen LogP contribution is -2.47. The molecule has 2 saturated carbocycles. The van der Waals surface area contributed by atoms with Crippen LogP contribution in [0.15, 0.2) is 0 Å². The van der Waals surface area contributed by atoms with E-state index < -0.39 is 0 Å². The highest BCUT2D eigenvalue weighted by Gasteiger charge is 2.35. The van der Waals surface area contributed by atoms with Crippen molar-refractivity contribution in [1.82, 2.24) is 4.90 Å². The van der Waals surface area contributed by atoms with Crippen LogP contribution in [0.25, 0.3) is 0 Å². The number of hydrogen-bond acceptors (Lipinski definition) is 2. The van der Waals surface area contributed by atoms with Crippen LogP contribution in [0, 0.1) is 11.8 Å². The second kappa shape index (κ2) is 6.55. The molecule has 2 atom stereocenters. The molecule has 2 aliphatic rings. The lowest BCUT2D eigenvalue weighted by atomic mass is 9.91. The molecule has 0 aromatic carbocycles. The van der Waals surface area contributed by atoms with Gasteiger partial charge in [0.05, 0.1) is 0 Å². The number of carbonyl (C=O) groups is 1. The van der Waals surface area contributed by atoms with Crippen molar-refractivity contribution in [2.24, 2.45) is 17.6 Å². The number of hydrogen-bond donors (Lipinski definition) is 1. The third kappa shape index (κ3) is 3.05. The van der Waals surface area contributed by atoms with Crippen LogP contribution >= 0.6 is 0 Å². The van der Waals surface area contributed by atoms with Gasteiger partial charge in [0, 0.05) is 25.0 Å². The van der Waals surface area contributed by atoms with Crippen LogP contribution in [0.5, 0.6) is 0 Å². The van der Waals surface area contributed by atoms with Crippen LogP contribution in [-0.4, -0.2) is 29.9 Å². The maximum absolute atomic E-state index is 12.7. The first-order valence-corrected chi connectivity index (χ1v) is 7.74. The molecule has 2 N–H and O–H groups in total. The Hall–Kier alpha value is -0.570. The quantitative estimate of drug-likeness (QED) is 0.835. The Balaban J connectivity index is 2.01. The number of nitrogens with two attached hydrogens (primary N) is 1. The molecule has 104 valence electrons. The predicted octanol–water partition coefficient (Wildman–Crippen LogP) is 2.54. The van der Waals surface area contributed by atoms with Gasteiger partial charge in [-0.1, -0.05) is 32.6 Å². The first kappa shape index (κ1) is 13.9. The first-order chi connectivity index (χ1) is 8.74. The van der Waals surface area contributed by atoms with Gasteiger partial charge in [-0.25, -0.2) is 0 Å². The summed E-state index contributed by atoms with van der Waals surface area (Å²) < 4.78 is 0. The largest absolute Gasteiger partial charge is 0.338 e. The molecule has 0 heterocycles. The second-order valence-electron chi connectivity index (χ2n) is 6.13. The standard InChI is InChI=1S/C15H28N2O/c1-12-6-5-9-14(12)15(18)17(11-10-16)13-7-3-2-4-8-13/h12-14H,2-11,16H2,1H3. The Bertz CT molecular complexity index is 274. The summed E-state index contributed by atoms with van der Waals surface area (Å²) in [6.07, 6.45) is 9.79. The molecule has 0 bridgehead atoms. The smallest absolute Gasteiger partial charge is 0.226 e. The van der Waals surface area contributed by atoms with Crippen molar-refractivity contribution in [3.63, 3.8) is 0 Å². The summed E-state index contributed by atoms with van der Waals surface area (Å²) in [5.41, 5.74) is 5.71. The summed E-state index contributed by atoms with van der Waals surface area (Å²) in [4.78, 5) is 14.8. The van der Waals surface area contributed by atoms with Gasteiger partial charge < -0.3 is 10.6 Å². The van der Waals surface area contributed by atoms with E-state index >= 15 is 0 Å². The van der Waals surface area contributed by atoms with Crippen molar-refractivity contribution < 1.29 is 4.79 Å². The second-order valence-corrected chi connectivity index (χ2v) is 6.13. The highest BCUT2D eigenvalue weighted by molar-refractivity contribution is 5.79. The summed E-state index contributed by atoms with van der Waals surface area (Å²) in [5.74, 6) is 1.25. The summed E-state index contributed by atoms with van der Waals surface area (Å²) in [7, 11) is 0. The SMILES string of the molecule is CC1CCCC1C(=O)N(CCN)C1CCCCC1. The van der Waals surface area contributed by atoms with Crippen LogP contribution in [0.3, 0.4) is 0 Å². The molecule has 18 heavy (non-hydrogen) atoms. The fourth-order valence-electron chi connectivity index (χ4n) is 3.73. The Kier molecular flexibility index (Phi) is 5.04. The average Bonchev–Trinajstić information content (AvgIpc) is 2.82. The van der Waals surface area contributed by atoms with Crippen LogP contribution in [-0.2, 0) is 4.79 Å². The van der Waals surface area contributed by atoms with E-state index in [2.05, 4.69) is 11.8 Å². The molecule has 0 spiro atoms. The predicted molar refractivity (Wildman–Crippen MR) is 74.1 cm³/mol. The fourth-order valence-corrected chi connectivity index (χ4v) is 3.73. The maximum Gasteiger partial charge on any atom is 0.226 e. The summed E-state index contributed by atoms with van der Waals surface area (Å²) >= 11 is 0. The molecule has 3 heteroatoms. The van der Waals surface area contributed by atoms with E-state index in [9.17, 15) is 4.79 Å². The Morgan fingerprint density at radius 3 is 2.39 bits per heavy atom. The summed E-state index contributed by atoms with van der Waals surface area (Å²) in [6.45, 7) is 3.59.